The first-order valence-corrected chi connectivity index (χ1v) is 18.2. The second kappa shape index (κ2) is 9.38. The maximum atomic E-state index is 2.52. The second-order valence-corrected chi connectivity index (χ2v) is 15.0. The van der Waals surface area contributed by atoms with Crippen molar-refractivity contribution in [3.63, 3.8) is 0 Å². The number of rotatable bonds is 3. The van der Waals surface area contributed by atoms with Crippen LogP contribution in [0.5, 0.6) is 0 Å². The first kappa shape index (κ1) is 26.1. The zero-order valence-corrected chi connectivity index (χ0v) is 27.7. The second-order valence-electron chi connectivity index (χ2n) is 12.9. The SMILES string of the molecule is c1ccc2c(c1)sc1c(N(c3ccc4c(c3)c3c5ccccc5n5c6ccccc6n4c35)c3cccc4c3sc3ccccc34)cccc12. The largest absolute Gasteiger partial charge is 0.308 e. The van der Waals surface area contributed by atoms with Gasteiger partial charge in [0.15, 0.2) is 0 Å². The molecule has 5 heteroatoms. The zero-order valence-electron chi connectivity index (χ0n) is 26.1. The molecule has 0 saturated carbocycles. The van der Waals surface area contributed by atoms with Crippen LogP contribution in [0, 0.1) is 0 Å². The molecule has 0 saturated heterocycles. The molecule has 0 aliphatic carbocycles. The summed E-state index contributed by atoms with van der Waals surface area (Å²) in [5.41, 5.74) is 9.78. The molecule has 0 radical (unpaired) electrons. The van der Waals surface area contributed by atoms with Crippen LogP contribution < -0.4 is 4.90 Å². The van der Waals surface area contributed by atoms with Gasteiger partial charge in [-0.15, -0.1) is 22.7 Å². The molecule has 5 aromatic heterocycles. The summed E-state index contributed by atoms with van der Waals surface area (Å²) in [7, 11) is 0. The lowest BCUT2D eigenvalue weighted by atomic mass is 10.1. The fourth-order valence-corrected chi connectivity index (χ4v) is 10.8. The van der Waals surface area contributed by atoms with Crippen LogP contribution in [-0.4, -0.2) is 8.80 Å². The third kappa shape index (κ3) is 3.31. The zero-order chi connectivity index (χ0) is 31.8. The van der Waals surface area contributed by atoms with Gasteiger partial charge in [0.05, 0.1) is 42.8 Å². The van der Waals surface area contributed by atoms with Gasteiger partial charge in [0.2, 0.25) is 0 Å². The molecule has 0 N–H and O–H groups in total. The fourth-order valence-electron chi connectivity index (χ4n) is 8.43. The van der Waals surface area contributed by atoms with E-state index in [0.717, 1.165) is 5.69 Å². The Balaban J connectivity index is 1.22. The van der Waals surface area contributed by atoms with Gasteiger partial charge in [0.1, 0.15) is 5.65 Å². The molecule has 12 rings (SSSR count). The summed E-state index contributed by atoms with van der Waals surface area (Å²) in [6.45, 7) is 0. The molecular formula is C44H25N3S2. The van der Waals surface area contributed by atoms with E-state index in [-0.39, 0.29) is 0 Å². The van der Waals surface area contributed by atoms with E-state index in [2.05, 4.69) is 165 Å². The van der Waals surface area contributed by atoms with Crippen LogP contribution in [0.4, 0.5) is 17.1 Å². The van der Waals surface area contributed by atoms with E-state index in [9.17, 15) is 0 Å². The van der Waals surface area contributed by atoms with Gasteiger partial charge in [0, 0.05) is 52.8 Å². The smallest absolute Gasteiger partial charge is 0.131 e. The predicted octanol–water partition coefficient (Wildman–Crippen LogP) is 13.3. The Labute approximate surface area is 288 Å². The van der Waals surface area contributed by atoms with Crippen molar-refractivity contribution >= 4 is 124 Å². The molecule has 5 heterocycles. The highest BCUT2D eigenvalue weighted by atomic mass is 32.1. The average Bonchev–Trinajstić information content (AvgIpc) is 3.95. The van der Waals surface area contributed by atoms with E-state index in [1.807, 2.05) is 22.7 Å². The Morgan fingerprint density at radius 3 is 1.49 bits per heavy atom. The molecule has 0 bridgehead atoms. The Morgan fingerprint density at radius 1 is 0.388 bits per heavy atom. The summed E-state index contributed by atoms with van der Waals surface area (Å²) in [6, 6.07) is 56.0. The van der Waals surface area contributed by atoms with Gasteiger partial charge in [-0.1, -0.05) is 91.0 Å². The van der Waals surface area contributed by atoms with Crippen LogP contribution in [0.1, 0.15) is 0 Å². The number of aromatic nitrogens is 2. The first-order valence-electron chi connectivity index (χ1n) is 16.6. The van der Waals surface area contributed by atoms with Crippen molar-refractivity contribution in [3.8, 4) is 0 Å². The van der Waals surface area contributed by atoms with Crippen molar-refractivity contribution in [1.29, 1.82) is 0 Å². The van der Waals surface area contributed by atoms with Gasteiger partial charge in [-0.2, -0.15) is 0 Å². The van der Waals surface area contributed by atoms with Gasteiger partial charge in [-0.3, -0.25) is 8.80 Å². The molecule has 49 heavy (non-hydrogen) atoms. The Kier molecular flexibility index (Phi) is 5.00. The molecule has 0 unspecified atom stereocenters. The van der Waals surface area contributed by atoms with Crippen LogP contribution in [0.2, 0.25) is 0 Å². The topological polar surface area (TPSA) is 12.1 Å². The molecule has 7 aromatic carbocycles. The number of thiophene rings is 2. The highest BCUT2D eigenvalue weighted by Crippen LogP contribution is 2.50. The standard InChI is InChI=1S/C44H25N3S2/c1-4-16-33-31(13-1)41-32-25-26(23-24-34(32)47-36-18-6-5-17-35(36)46(33)44(41)47)45(37-19-9-14-29-27-11-2-7-21-39(27)48-42(29)37)38-20-10-15-30-28-12-3-8-22-40(28)49-43(30)38/h1-25H. The Hall–Kier alpha value is -5.88. The van der Waals surface area contributed by atoms with E-state index < -0.39 is 0 Å². The van der Waals surface area contributed by atoms with Crippen LogP contribution in [0.3, 0.4) is 0 Å². The van der Waals surface area contributed by atoms with E-state index in [4.69, 9.17) is 0 Å². The van der Waals surface area contributed by atoms with Crippen molar-refractivity contribution in [2.45, 2.75) is 0 Å². The lowest BCUT2D eigenvalue weighted by molar-refractivity contribution is 1.28. The monoisotopic (exact) mass is 659 g/mol. The molecular weight excluding hydrogens is 635 g/mol. The summed E-state index contributed by atoms with van der Waals surface area (Å²) in [4.78, 5) is 2.52. The van der Waals surface area contributed by atoms with Gasteiger partial charge >= 0.3 is 0 Å². The Morgan fingerprint density at radius 2 is 0.878 bits per heavy atom. The van der Waals surface area contributed by atoms with Crippen molar-refractivity contribution in [3.05, 3.63) is 152 Å². The molecule has 0 aliphatic rings. The summed E-state index contributed by atoms with van der Waals surface area (Å²) in [6.07, 6.45) is 0. The third-order valence-electron chi connectivity index (χ3n) is 10.4. The lowest BCUT2D eigenvalue weighted by Gasteiger charge is -2.27. The maximum absolute atomic E-state index is 2.52. The molecule has 0 amide bonds. The minimum Gasteiger partial charge on any atom is -0.308 e. The third-order valence-corrected chi connectivity index (χ3v) is 12.8. The number of anilines is 3. The van der Waals surface area contributed by atoms with Gasteiger partial charge in [-0.25, -0.2) is 0 Å². The number of fused-ring (bicyclic) bond motifs is 15. The normalized spacial score (nSPS) is 12.5. The summed E-state index contributed by atoms with van der Waals surface area (Å²) >= 11 is 3.78. The van der Waals surface area contributed by atoms with Crippen LogP contribution >= 0.6 is 22.7 Å². The Bertz CT molecular complexity index is 3180. The molecule has 0 aliphatic heterocycles. The van der Waals surface area contributed by atoms with Crippen molar-refractivity contribution in [2.24, 2.45) is 0 Å². The molecule has 228 valence electrons. The minimum absolute atomic E-state index is 1.16. The predicted molar refractivity (Wildman–Crippen MR) is 213 cm³/mol. The first-order chi connectivity index (χ1) is 24.3. The number of hydrogen-bond donors (Lipinski definition) is 0. The number of benzene rings is 7. The average molecular weight is 660 g/mol. The molecule has 3 nitrogen and oxygen atoms in total. The van der Waals surface area contributed by atoms with Crippen LogP contribution in [0.25, 0.3) is 84.2 Å². The van der Waals surface area contributed by atoms with Gasteiger partial charge in [-0.05, 0) is 60.7 Å². The number of hydrogen-bond acceptors (Lipinski definition) is 3. The summed E-state index contributed by atoms with van der Waals surface area (Å²) < 4.78 is 10.1. The van der Waals surface area contributed by atoms with Crippen molar-refractivity contribution in [1.82, 2.24) is 8.80 Å². The summed E-state index contributed by atoms with van der Waals surface area (Å²) in [5.74, 6) is 0. The summed E-state index contributed by atoms with van der Waals surface area (Å²) in [5, 5.41) is 9.10. The van der Waals surface area contributed by atoms with E-state index in [1.165, 1.54) is 95.6 Å². The lowest BCUT2D eigenvalue weighted by Crippen LogP contribution is -2.10. The van der Waals surface area contributed by atoms with Crippen LogP contribution in [-0.2, 0) is 0 Å². The quantitative estimate of drug-likeness (QED) is 0.184. The van der Waals surface area contributed by atoms with E-state index in [0.29, 0.717) is 0 Å². The van der Waals surface area contributed by atoms with Crippen molar-refractivity contribution in [2.75, 3.05) is 4.90 Å². The molecule has 0 atom stereocenters. The molecule has 0 fully saturated rings. The van der Waals surface area contributed by atoms with E-state index in [1.54, 1.807) is 0 Å². The number of imidazole rings is 1. The van der Waals surface area contributed by atoms with E-state index >= 15 is 0 Å². The molecule has 0 spiro atoms. The van der Waals surface area contributed by atoms with Crippen LogP contribution in [0.15, 0.2) is 152 Å². The highest BCUT2D eigenvalue weighted by Gasteiger charge is 2.25. The fraction of sp³-hybridized carbons (Fsp3) is 0. The highest BCUT2D eigenvalue weighted by molar-refractivity contribution is 7.27. The van der Waals surface area contributed by atoms with Crippen molar-refractivity contribution < 1.29 is 0 Å². The molecule has 12 aromatic rings. The van der Waals surface area contributed by atoms with Gasteiger partial charge in [0.25, 0.3) is 0 Å². The van der Waals surface area contributed by atoms with Gasteiger partial charge < -0.3 is 4.90 Å². The number of para-hydroxylation sites is 3. The maximum Gasteiger partial charge on any atom is 0.131 e. The number of nitrogens with zero attached hydrogens (tertiary/aromatic N) is 3. The minimum atomic E-state index is 1.16.